The zero-order chi connectivity index (χ0) is 12.5. The molecule has 0 fully saturated rings. The summed E-state index contributed by atoms with van der Waals surface area (Å²) in [5, 5.41) is 19.3. The fraction of sp³-hybridized carbons (Fsp3) is 0.778. The van der Waals surface area contributed by atoms with E-state index in [4.69, 9.17) is 5.11 Å². The first-order valence-electron chi connectivity index (χ1n) is 5.29. The van der Waals surface area contributed by atoms with Crippen LogP contribution >= 0.6 is 0 Å². The van der Waals surface area contributed by atoms with Crippen molar-refractivity contribution < 1.29 is 18.6 Å². The standard InChI is InChI=1S/C9H16F2N4O2/c10-9(11)7-17-4-1-12-5-8-6-15(2-3-16)14-13-8/h6,9,12,16H,1-5,7H2. The average molecular weight is 250 g/mol. The lowest BCUT2D eigenvalue weighted by molar-refractivity contribution is 0.0187. The normalized spacial score (nSPS) is 11.3. The molecule has 0 saturated heterocycles. The molecule has 8 heteroatoms. The lowest BCUT2D eigenvalue weighted by Gasteiger charge is -2.03. The predicted octanol–water partition coefficient (Wildman–Crippen LogP) is -0.358. The minimum Gasteiger partial charge on any atom is -0.394 e. The maximum Gasteiger partial charge on any atom is 0.261 e. The fourth-order valence-corrected chi connectivity index (χ4v) is 1.16. The summed E-state index contributed by atoms with van der Waals surface area (Å²) in [4.78, 5) is 0. The van der Waals surface area contributed by atoms with Crippen molar-refractivity contribution >= 4 is 0 Å². The fourth-order valence-electron chi connectivity index (χ4n) is 1.16. The molecule has 0 aliphatic carbocycles. The van der Waals surface area contributed by atoms with Gasteiger partial charge in [-0.1, -0.05) is 5.21 Å². The monoisotopic (exact) mass is 250 g/mol. The van der Waals surface area contributed by atoms with E-state index in [2.05, 4.69) is 20.4 Å². The molecule has 0 amide bonds. The van der Waals surface area contributed by atoms with Crippen molar-refractivity contribution in [1.82, 2.24) is 20.3 Å². The van der Waals surface area contributed by atoms with Gasteiger partial charge in [0, 0.05) is 19.3 Å². The van der Waals surface area contributed by atoms with E-state index in [0.29, 0.717) is 19.6 Å². The number of ether oxygens (including phenoxy) is 1. The Morgan fingerprint density at radius 1 is 1.53 bits per heavy atom. The lowest BCUT2D eigenvalue weighted by Crippen LogP contribution is -2.20. The molecule has 0 saturated carbocycles. The number of nitrogens with one attached hydrogen (secondary N) is 1. The minimum atomic E-state index is -2.42. The van der Waals surface area contributed by atoms with Crippen LogP contribution in [0.4, 0.5) is 8.78 Å². The molecule has 1 heterocycles. The van der Waals surface area contributed by atoms with Gasteiger partial charge >= 0.3 is 0 Å². The molecule has 0 aliphatic rings. The van der Waals surface area contributed by atoms with Gasteiger partial charge in [0.2, 0.25) is 0 Å². The number of hydrogen-bond acceptors (Lipinski definition) is 5. The van der Waals surface area contributed by atoms with Gasteiger partial charge in [-0.25, -0.2) is 13.5 Å². The summed E-state index contributed by atoms with van der Waals surface area (Å²) in [6.07, 6.45) is -0.711. The van der Waals surface area contributed by atoms with Gasteiger partial charge in [0.25, 0.3) is 6.43 Å². The molecule has 17 heavy (non-hydrogen) atoms. The van der Waals surface area contributed by atoms with Gasteiger partial charge in [-0.05, 0) is 0 Å². The second kappa shape index (κ2) is 8.04. The van der Waals surface area contributed by atoms with E-state index in [1.54, 1.807) is 6.20 Å². The lowest BCUT2D eigenvalue weighted by atomic mass is 10.4. The Morgan fingerprint density at radius 3 is 3.06 bits per heavy atom. The third kappa shape index (κ3) is 6.25. The van der Waals surface area contributed by atoms with Gasteiger partial charge < -0.3 is 15.2 Å². The SMILES string of the molecule is OCCn1cc(CNCCOCC(F)F)nn1. The van der Waals surface area contributed by atoms with Crippen LogP contribution < -0.4 is 5.32 Å². The van der Waals surface area contributed by atoms with Gasteiger partial charge in [0.1, 0.15) is 6.61 Å². The number of halogens is 2. The minimum absolute atomic E-state index is 0.0116. The molecule has 1 aromatic rings. The van der Waals surface area contributed by atoms with Crippen LogP contribution in [0.2, 0.25) is 0 Å². The zero-order valence-corrected chi connectivity index (χ0v) is 9.35. The van der Waals surface area contributed by atoms with E-state index in [0.717, 1.165) is 5.69 Å². The van der Waals surface area contributed by atoms with Crippen LogP contribution in [0.25, 0.3) is 0 Å². The Balaban J connectivity index is 2.05. The van der Waals surface area contributed by atoms with Crippen LogP contribution in [0, 0.1) is 0 Å². The molecule has 0 atom stereocenters. The average Bonchev–Trinajstić information content (AvgIpc) is 2.71. The molecule has 0 spiro atoms. The van der Waals surface area contributed by atoms with Crippen molar-refractivity contribution in [3.63, 3.8) is 0 Å². The predicted molar refractivity (Wildman–Crippen MR) is 55.6 cm³/mol. The first kappa shape index (κ1) is 13.9. The number of hydrogen-bond donors (Lipinski definition) is 2. The highest BCUT2D eigenvalue weighted by Crippen LogP contribution is 1.93. The number of alkyl halides is 2. The summed E-state index contributed by atoms with van der Waals surface area (Å²) in [7, 11) is 0. The Kier molecular flexibility index (Phi) is 6.60. The highest BCUT2D eigenvalue weighted by Gasteiger charge is 2.02. The molecule has 0 radical (unpaired) electrons. The maximum absolute atomic E-state index is 11.7. The Bertz CT molecular complexity index is 309. The summed E-state index contributed by atoms with van der Waals surface area (Å²) in [5.41, 5.74) is 0.729. The van der Waals surface area contributed by atoms with E-state index >= 15 is 0 Å². The molecule has 0 bridgehead atoms. The molecule has 2 N–H and O–H groups in total. The first-order chi connectivity index (χ1) is 8.22. The number of rotatable bonds is 9. The molecular formula is C9H16F2N4O2. The molecule has 0 aliphatic heterocycles. The van der Waals surface area contributed by atoms with Crippen molar-refractivity contribution in [1.29, 1.82) is 0 Å². The first-order valence-corrected chi connectivity index (χ1v) is 5.29. The highest BCUT2D eigenvalue weighted by atomic mass is 19.3. The number of aliphatic hydroxyl groups is 1. The van der Waals surface area contributed by atoms with Gasteiger partial charge in [-0.15, -0.1) is 5.10 Å². The van der Waals surface area contributed by atoms with Gasteiger partial charge in [-0.2, -0.15) is 0 Å². The second-order valence-electron chi connectivity index (χ2n) is 3.34. The molecule has 1 aromatic heterocycles. The smallest absolute Gasteiger partial charge is 0.261 e. The Hall–Kier alpha value is -1.12. The Morgan fingerprint density at radius 2 is 2.35 bits per heavy atom. The number of nitrogens with zero attached hydrogens (tertiary/aromatic N) is 3. The molecule has 0 unspecified atom stereocenters. The van der Waals surface area contributed by atoms with Crippen molar-refractivity contribution in [3.05, 3.63) is 11.9 Å². The zero-order valence-electron chi connectivity index (χ0n) is 9.35. The molecule has 98 valence electrons. The molecule has 1 rings (SSSR count). The van der Waals surface area contributed by atoms with Crippen LogP contribution in [-0.2, 0) is 17.8 Å². The van der Waals surface area contributed by atoms with E-state index in [1.165, 1.54) is 4.68 Å². The van der Waals surface area contributed by atoms with E-state index in [-0.39, 0.29) is 13.2 Å². The molecule has 0 aromatic carbocycles. The third-order valence-electron chi connectivity index (χ3n) is 1.89. The van der Waals surface area contributed by atoms with Crippen LogP contribution in [0.5, 0.6) is 0 Å². The Labute approximate surface area is 97.6 Å². The van der Waals surface area contributed by atoms with Crippen molar-refractivity contribution in [2.24, 2.45) is 0 Å². The van der Waals surface area contributed by atoms with Gasteiger partial charge in [0.15, 0.2) is 0 Å². The topological polar surface area (TPSA) is 72.2 Å². The molecule has 6 nitrogen and oxygen atoms in total. The van der Waals surface area contributed by atoms with Gasteiger partial charge in [0.05, 0.1) is 25.5 Å². The van der Waals surface area contributed by atoms with Crippen LogP contribution in [0.1, 0.15) is 5.69 Å². The van der Waals surface area contributed by atoms with E-state index in [9.17, 15) is 8.78 Å². The van der Waals surface area contributed by atoms with Crippen LogP contribution in [0.3, 0.4) is 0 Å². The largest absolute Gasteiger partial charge is 0.394 e. The number of aliphatic hydroxyl groups excluding tert-OH is 1. The molecular weight excluding hydrogens is 234 g/mol. The summed E-state index contributed by atoms with van der Waals surface area (Å²) >= 11 is 0. The van der Waals surface area contributed by atoms with Crippen molar-refractivity contribution in [2.75, 3.05) is 26.4 Å². The third-order valence-corrected chi connectivity index (χ3v) is 1.89. The second-order valence-corrected chi connectivity index (χ2v) is 3.34. The van der Waals surface area contributed by atoms with E-state index in [1.807, 2.05) is 0 Å². The number of aromatic nitrogens is 3. The van der Waals surface area contributed by atoms with Crippen molar-refractivity contribution in [3.8, 4) is 0 Å². The van der Waals surface area contributed by atoms with Crippen molar-refractivity contribution in [2.45, 2.75) is 19.5 Å². The summed E-state index contributed by atoms with van der Waals surface area (Å²) in [5.74, 6) is 0. The van der Waals surface area contributed by atoms with Gasteiger partial charge in [-0.3, -0.25) is 0 Å². The highest BCUT2D eigenvalue weighted by molar-refractivity contribution is 4.91. The quantitative estimate of drug-likeness (QED) is 0.586. The van der Waals surface area contributed by atoms with Crippen LogP contribution in [-0.4, -0.2) is 52.9 Å². The van der Waals surface area contributed by atoms with E-state index < -0.39 is 13.0 Å². The maximum atomic E-state index is 11.7. The summed E-state index contributed by atoms with van der Waals surface area (Å²) in [6, 6.07) is 0. The van der Waals surface area contributed by atoms with Crippen LogP contribution in [0.15, 0.2) is 6.20 Å². The summed E-state index contributed by atoms with van der Waals surface area (Å²) in [6.45, 7) is 1.08. The summed E-state index contributed by atoms with van der Waals surface area (Å²) < 4.78 is 29.6.